The average molecular weight is 430 g/mol. The maximum absolute atomic E-state index is 12.4. The fourth-order valence-corrected chi connectivity index (χ4v) is 3.58. The van der Waals surface area contributed by atoms with E-state index in [-0.39, 0.29) is 30.2 Å². The summed E-state index contributed by atoms with van der Waals surface area (Å²) in [6.07, 6.45) is 0.267. The highest BCUT2D eigenvalue weighted by molar-refractivity contribution is 6.04. The van der Waals surface area contributed by atoms with Gasteiger partial charge in [0.15, 0.2) is 6.54 Å². The lowest BCUT2D eigenvalue weighted by Gasteiger charge is -2.25. The van der Waals surface area contributed by atoms with Crippen LogP contribution in [0.1, 0.15) is 40.9 Å². The molecule has 160 valence electrons. The van der Waals surface area contributed by atoms with Crippen molar-refractivity contribution in [2.24, 2.45) is 11.0 Å². The fraction of sp³-hybridized carbons (Fsp3) is 0.348. The third-order valence-electron chi connectivity index (χ3n) is 4.87. The number of ether oxygens (including phenoxy) is 1. The molecule has 2 aromatic carbocycles. The molecular formula is C23H28ClN3O3. The molecule has 0 saturated carbocycles. The molecule has 30 heavy (non-hydrogen) atoms. The van der Waals surface area contributed by atoms with Gasteiger partial charge in [-0.05, 0) is 18.1 Å². The number of amides is 1. The summed E-state index contributed by atoms with van der Waals surface area (Å²) in [4.78, 5) is 24.7. The van der Waals surface area contributed by atoms with Crippen molar-refractivity contribution >= 4 is 17.6 Å². The first kappa shape index (κ1) is 23.6. The van der Waals surface area contributed by atoms with E-state index in [1.807, 2.05) is 76.6 Å². The number of nitrogens with one attached hydrogen (secondary N) is 1. The van der Waals surface area contributed by atoms with Crippen molar-refractivity contribution in [3.63, 3.8) is 0 Å². The molecule has 2 atom stereocenters. The van der Waals surface area contributed by atoms with E-state index in [2.05, 4.69) is 10.5 Å². The van der Waals surface area contributed by atoms with Crippen LogP contribution in [0.15, 0.2) is 59.7 Å². The topological polar surface area (TPSA) is 67.8 Å². The van der Waals surface area contributed by atoms with Crippen molar-refractivity contribution in [3.8, 4) is 0 Å². The van der Waals surface area contributed by atoms with Gasteiger partial charge in [-0.25, -0.2) is 10.2 Å². The Morgan fingerprint density at radius 1 is 1.10 bits per heavy atom. The second kappa shape index (κ2) is 9.87. The van der Waals surface area contributed by atoms with Gasteiger partial charge < -0.3 is 21.6 Å². The van der Waals surface area contributed by atoms with Gasteiger partial charge in [-0.15, -0.1) is 0 Å². The Morgan fingerprint density at radius 3 is 2.37 bits per heavy atom. The van der Waals surface area contributed by atoms with Gasteiger partial charge in [0.05, 0.1) is 32.4 Å². The molecule has 0 radical (unpaired) electrons. The molecule has 2 unspecified atom stereocenters. The lowest BCUT2D eigenvalue weighted by molar-refractivity contribution is -0.862. The van der Waals surface area contributed by atoms with Crippen LogP contribution in [-0.2, 0) is 9.53 Å². The highest BCUT2D eigenvalue weighted by Gasteiger charge is 2.38. The minimum atomic E-state index is -0.432. The van der Waals surface area contributed by atoms with Crippen LogP contribution in [0.25, 0.3) is 0 Å². The minimum absolute atomic E-state index is 0. The number of benzene rings is 2. The van der Waals surface area contributed by atoms with E-state index in [0.717, 1.165) is 11.1 Å². The van der Waals surface area contributed by atoms with Crippen LogP contribution >= 0.6 is 0 Å². The molecule has 0 aliphatic carbocycles. The highest BCUT2D eigenvalue weighted by atomic mass is 35.5. The second-order valence-corrected chi connectivity index (χ2v) is 8.27. The summed E-state index contributed by atoms with van der Waals surface area (Å²) >= 11 is 0. The van der Waals surface area contributed by atoms with E-state index in [1.54, 1.807) is 6.07 Å². The molecule has 0 bridgehead atoms. The number of carbonyl (C=O) groups excluding carboxylic acids is 2. The largest absolute Gasteiger partial charge is 1.00 e. The number of hydrazone groups is 1. The Morgan fingerprint density at radius 2 is 1.73 bits per heavy atom. The second-order valence-electron chi connectivity index (χ2n) is 8.27. The molecule has 0 spiro atoms. The van der Waals surface area contributed by atoms with Gasteiger partial charge in [0.1, 0.15) is 6.10 Å². The maximum atomic E-state index is 12.4. The number of rotatable bonds is 7. The highest BCUT2D eigenvalue weighted by Crippen LogP contribution is 2.39. The first-order valence-corrected chi connectivity index (χ1v) is 9.82. The number of hydrogen-bond acceptors (Lipinski definition) is 4. The number of likely N-dealkylation sites (N-methyl/N-ethyl adjacent to an activating group) is 1. The zero-order valence-electron chi connectivity index (χ0n) is 17.8. The molecule has 0 saturated heterocycles. The van der Waals surface area contributed by atoms with Crippen molar-refractivity contribution in [3.05, 3.63) is 71.3 Å². The number of cyclic esters (lactones) is 1. The number of carbonyl (C=O) groups is 2. The first-order chi connectivity index (χ1) is 13.8. The zero-order valence-corrected chi connectivity index (χ0v) is 18.5. The van der Waals surface area contributed by atoms with Gasteiger partial charge in [-0.1, -0.05) is 55.5 Å². The molecule has 1 N–H and O–H groups in total. The lowest BCUT2D eigenvalue weighted by Crippen LogP contribution is -3.00. The Kier molecular flexibility index (Phi) is 7.76. The number of halogens is 1. The van der Waals surface area contributed by atoms with Gasteiger partial charge in [-0.3, -0.25) is 4.79 Å². The molecule has 7 heteroatoms. The molecule has 1 heterocycles. The predicted molar refractivity (Wildman–Crippen MR) is 112 cm³/mol. The smallest absolute Gasteiger partial charge is 0.339 e. The molecule has 0 fully saturated rings. The third kappa shape index (κ3) is 5.46. The number of quaternary nitrogens is 1. The molecular weight excluding hydrogens is 402 g/mol. The van der Waals surface area contributed by atoms with E-state index in [0.29, 0.717) is 28.7 Å². The van der Waals surface area contributed by atoms with Crippen LogP contribution < -0.4 is 17.8 Å². The average Bonchev–Trinajstić information content (AvgIpc) is 3.01. The zero-order chi connectivity index (χ0) is 21.0. The van der Waals surface area contributed by atoms with Crippen molar-refractivity contribution in [2.45, 2.75) is 19.4 Å². The monoisotopic (exact) mass is 429 g/mol. The van der Waals surface area contributed by atoms with Gasteiger partial charge in [0.25, 0.3) is 5.91 Å². The summed E-state index contributed by atoms with van der Waals surface area (Å²) in [6, 6.07) is 17.1. The number of esters is 1. The van der Waals surface area contributed by atoms with Crippen LogP contribution in [0.2, 0.25) is 0 Å². The standard InChI is InChI=1S/C23H27N3O3.ClH/c1-5-17(22-18-13-9-10-14-19(18)23(28)29-22)21(16-11-7-6-8-12-16)25-24-20(27)15-26(2,3)4;/h6-14,17,22H,5,15H2,1-4H3;1H. The predicted octanol–water partition coefficient (Wildman–Crippen LogP) is 0.155. The van der Waals surface area contributed by atoms with Crippen LogP contribution in [0.4, 0.5) is 0 Å². The number of nitrogens with zero attached hydrogens (tertiary/aromatic N) is 2. The van der Waals surface area contributed by atoms with Gasteiger partial charge in [-0.2, -0.15) is 5.10 Å². The molecule has 3 rings (SSSR count). The summed E-state index contributed by atoms with van der Waals surface area (Å²) in [5.74, 6) is -0.662. The Balaban J connectivity index is 0.00000320. The van der Waals surface area contributed by atoms with Crippen molar-refractivity contribution in [2.75, 3.05) is 27.7 Å². The molecule has 1 aliphatic heterocycles. The molecule has 6 nitrogen and oxygen atoms in total. The van der Waals surface area contributed by atoms with E-state index in [4.69, 9.17) is 4.74 Å². The normalized spacial score (nSPS) is 16.9. The first-order valence-electron chi connectivity index (χ1n) is 9.82. The summed E-state index contributed by atoms with van der Waals surface area (Å²) in [5, 5.41) is 4.51. The number of fused-ring (bicyclic) bond motifs is 1. The van der Waals surface area contributed by atoms with Crippen molar-refractivity contribution in [1.29, 1.82) is 0 Å². The summed E-state index contributed by atoms with van der Waals surface area (Å²) in [5.41, 5.74) is 5.77. The summed E-state index contributed by atoms with van der Waals surface area (Å²) in [7, 11) is 5.85. The Labute approximate surface area is 183 Å². The van der Waals surface area contributed by atoms with Crippen molar-refractivity contribution in [1.82, 2.24) is 5.43 Å². The SMILES string of the molecule is CCC(C(=NNC(=O)C[N+](C)(C)C)c1ccccc1)C1OC(=O)c2ccccc21.[Cl-]. The van der Waals surface area contributed by atoms with Gasteiger partial charge in [0.2, 0.25) is 0 Å². The maximum Gasteiger partial charge on any atom is 0.339 e. The van der Waals surface area contributed by atoms with Crippen LogP contribution in [0.5, 0.6) is 0 Å². The quantitative estimate of drug-likeness (QED) is 0.295. The Bertz CT molecular complexity index is 923. The molecule has 2 aromatic rings. The van der Waals surface area contributed by atoms with Crippen LogP contribution in [-0.4, -0.2) is 49.8 Å². The van der Waals surface area contributed by atoms with E-state index in [9.17, 15) is 9.59 Å². The minimum Gasteiger partial charge on any atom is -1.00 e. The van der Waals surface area contributed by atoms with Crippen molar-refractivity contribution < 1.29 is 31.2 Å². The van der Waals surface area contributed by atoms with Gasteiger partial charge >= 0.3 is 5.97 Å². The van der Waals surface area contributed by atoms with Crippen LogP contribution in [0.3, 0.4) is 0 Å². The summed E-state index contributed by atoms with van der Waals surface area (Å²) < 4.78 is 6.25. The van der Waals surface area contributed by atoms with E-state index in [1.165, 1.54) is 0 Å². The number of hydrogen-bond donors (Lipinski definition) is 1. The lowest BCUT2D eigenvalue weighted by atomic mass is 9.85. The molecule has 1 amide bonds. The van der Waals surface area contributed by atoms with Gasteiger partial charge in [0, 0.05) is 11.5 Å². The molecule has 1 aliphatic rings. The third-order valence-corrected chi connectivity index (χ3v) is 4.87. The van der Waals surface area contributed by atoms with Crippen LogP contribution in [0, 0.1) is 5.92 Å². The van der Waals surface area contributed by atoms with E-state index >= 15 is 0 Å². The fourth-order valence-electron chi connectivity index (χ4n) is 3.58. The molecule has 0 aromatic heterocycles. The summed E-state index contributed by atoms with van der Waals surface area (Å²) in [6.45, 7) is 2.34. The Hall–Kier alpha value is -2.70. The van der Waals surface area contributed by atoms with E-state index < -0.39 is 6.10 Å².